The minimum atomic E-state index is -1.15. The standard InChI is InChI=1S/C9H10BrN3O5/c1-18-7(9(14)15)4-12-8-5(10)2-11-3-6(8)13(16)17/h2-3,7H,4H2,1H3,(H,11,12)(H,14,15). The van der Waals surface area contributed by atoms with E-state index in [4.69, 9.17) is 9.84 Å². The molecule has 0 aliphatic carbocycles. The van der Waals surface area contributed by atoms with Gasteiger partial charge in [-0.25, -0.2) is 4.79 Å². The summed E-state index contributed by atoms with van der Waals surface area (Å²) in [6.07, 6.45) is 1.36. The molecule has 18 heavy (non-hydrogen) atoms. The van der Waals surface area contributed by atoms with E-state index < -0.39 is 17.0 Å². The number of nitrogens with one attached hydrogen (secondary N) is 1. The monoisotopic (exact) mass is 319 g/mol. The number of rotatable bonds is 6. The Morgan fingerprint density at radius 1 is 1.72 bits per heavy atom. The second-order valence-electron chi connectivity index (χ2n) is 3.22. The summed E-state index contributed by atoms with van der Waals surface area (Å²) in [7, 11) is 1.25. The SMILES string of the molecule is COC(CNc1c(Br)cncc1[N+](=O)[O-])C(=O)O. The number of carboxylic acids is 1. The molecule has 1 rings (SSSR count). The minimum absolute atomic E-state index is 0.102. The van der Waals surface area contributed by atoms with E-state index in [9.17, 15) is 14.9 Å². The Balaban J connectivity index is 2.90. The van der Waals surface area contributed by atoms with Crippen LogP contribution in [0.2, 0.25) is 0 Å². The molecular weight excluding hydrogens is 310 g/mol. The van der Waals surface area contributed by atoms with Crippen LogP contribution in [0.3, 0.4) is 0 Å². The number of hydrogen-bond acceptors (Lipinski definition) is 6. The zero-order valence-corrected chi connectivity index (χ0v) is 10.9. The summed E-state index contributed by atoms with van der Waals surface area (Å²) in [4.78, 5) is 24.6. The first-order chi connectivity index (χ1) is 8.47. The fourth-order valence-electron chi connectivity index (χ4n) is 1.20. The predicted molar refractivity (Wildman–Crippen MR) is 65.5 cm³/mol. The first-order valence-electron chi connectivity index (χ1n) is 4.74. The second-order valence-corrected chi connectivity index (χ2v) is 4.07. The lowest BCUT2D eigenvalue weighted by atomic mass is 10.3. The molecule has 2 N–H and O–H groups in total. The number of methoxy groups -OCH3 is 1. The number of carboxylic acid groups (broad SMARTS) is 1. The molecule has 0 fully saturated rings. The highest BCUT2D eigenvalue weighted by molar-refractivity contribution is 9.10. The van der Waals surface area contributed by atoms with Crippen molar-refractivity contribution < 1.29 is 19.6 Å². The molecule has 1 atom stereocenters. The highest BCUT2D eigenvalue weighted by Gasteiger charge is 2.21. The van der Waals surface area contributed by atoms with Gasteiger partial charge < -0.3 is 15.2 Å². The smallest absolute Gasteiger partial charge is 0.334 e. The topological polar surface area (TPSA) is 115 Å². The molecule has 0 saturated heterocycles. The molecule has 0 aromatic carbocycles. The maximum absolute atomic E-state index is 10.8. The van der Waals surface area contributed by atoms with Gasteiger partial charge in [0.05, 0.1) is 15.9 Å². The van der Waals surface area contributed by atoms with Gasteiger partial charge in [0.1, 0.15) is 11.9 Å². The zero-order valence-electron chi connectivity index (χ0n) is 9.29. The van der Waals surface area contributed by atoms with E-state index >= 15 is 0 Å². The maximum Gasteiger partial charge on any atom is 0.334 e. The van der Waals surface area contributed by atoms with Gasteiger partial charge in [0, 0.05) is 13.3 Å². The first kappa shape index (κ1) is 14.3. The van der Waals surface area contributed by atoms with Gasteiger partial charge in [-0.15, -0.1) is 0 Å². The van der Waals surface area contributed by atoms with Crippen molar-refractivity contribution in [3.8, 4) is 0 Å². The van der Waals surface area contributed by atoms with Crippen LogP contribution in [0.4, 0.5) is 11.4 Å². The lowest BCUT2D eigenvalue weighted by molar-refractivity contribution is -0.384. The molecule has 0 aliphatic heterocycles. The molecule has 1 unspecified atom stereocenters. The van der Waals surface area contributed by atoms with E-state index in [-0.39, 0.29) is 17.9 Å². The van der Waals surface area contributed by atoms with Crippen molar-refractivity contribution in [2.24, 2.45) is 0 Å². The highest BCUT2D eigenvalue weighted by Crippen LogP contribution is 2.30. The second kappa shape index (κ2) is 6.26. The molecule has 0 bridgehead atoms. The van der Waals surface area contributed by atoms with Gasteiger partial charge in [-0.2, -0.15) is 0 Å². The molecule has 0 amide bonds. The quantitative estimate of drug-likeness (QED) is 0.599. The number of nitro groups is 1. The number of carbonyl (C=O) groups is 1. The molecule has 9 heteroatoms. The molecule has 0 radical (unpaired) electrons. The summed E-state index contributed by atoms with van der Waals surface area (Å²) in [6, 6.07) is 0. The average molecular weight is 320 g/mol. The van der Waals surface area contributed by atoms with Crippen molar-refractivity contribution >= 4 is 33.3 Å². The fourth-order valence-corrected chi connectivity index (χ4v) is 1.67. The zero-order chi connectivity index (χ0) is 13.7. The fraction of sp³-hybridized carbons (Fsp3) is 0.333. The van der Waals surface area contributed by atoms with Crippen LogP contribution < -0.4 is 5.32 Å². The van der Waals surface area contributed by atoms with Crippen molar-refractivity contribution in [2.75, 3.05) is 19.0 Å². The van der Waals surface area contributed by atoms with Gasteiger partial charge in [0.2, 0.25) is 0 Å². The molecule has 1 heterocycles. The molecule has 0 spiro atoms. The van der Waals surface area contributed by atoms with E-state index in [1.807, 2.05) is 0 Å². The molecule has 0 saturated carbocycles. The Kier molecular flexibility index (Phi) is 4.98. The van der Waals surface area contributed by atoms with Gasteiger partial charge in [0.25, 0.3) is 0 Å². The number of halogens is 1. The third kappa shape index (κ3) is 3.37. The normalized spacial score (nSPS) is 11.9. The number of nitrogens with zero attached hydrogens (tertiary/aromatic N) is 2. The van der Waals surface area contributed by atoms with Crippen molar-refractivity contribution in [3.63, 3.8) is 0 Å². The lowest BCUT2D eigenvalue weighted by Gasteiger charge is -2.13. The van der Waals surface area contributed by atoms with Crippen molar-refractivity contribution in [2.45, 2.75) is 6.10 Å². The van der Waals surface area contributed by atoms with E-state index in [1.165, 1.54) is 13.3 Å². The van der Waals surface area contributed by atoms with Crippen LogP contribution >= 0.6 is 15.9 Å². The number of anilines is 1. The summed E-state index contributed by atoms with van der Waals surface area (Å²) in [5.74, 6) is -1.15. The van der Waals surface area contributed by atoms with Gasteiger partial charge >= 0.3 is 11.7 Å². The van der Waals surface area contributed by atoms with Gasteiger partial charge in [-0.3, -0.25) is 15.1 Å². The number of hydrogen-bond donors (Lipinski definition) is 2. The molecule has 8 nitrogen and oxygen atoms in total. The Labute approximate surface area is 110 Å². The number of pyridine rings is 1. The summed E-state index contributed by atoms with van der Waals surface area (Å²) in [6.45, 7) is -0.102. The van der Waals surface area contributed by atoms with Crippen molar-refractivity contribution in [1.82, 2.24) is 4.98 Å². The highest BCUT2D eigenvalue weighted by atomic mass is 79.9. The minimum Gasteiger partial charge on any atom is -0.479 e. The van der Waals surface area contributed by atoms with Crippen LogP contribution in [0.1, 0.15) is 0 Å². The number of aromatic nitrogens is 1. The molecule has 0 aliphatic rings. The third-order valence-electron chi connectivity index (χ3n) is 2.10. The maximum atomic E-state index is 10.8. The summed E-state index contributed by atoms with van der Waals surface area (Å²) in [5.41, 5.74) is -0.0806. The van der Waals surface area contributed by atoms with E-state index in [2.05, 4.69) is 26.2 Å². The van der Waals surface area contributed by atoms with Crippen LogP contribution in [0.5, 0.6) is 0 Å². The van der Waals surface area contributed by atoms with Crippen molar-refractivity contribution in [1.29, 1.82) is 0 Å². The number of aliphatic carboxylic acids is 1. The Morgan fingerprint density at radius 3 is 2.89 bits per heavy atom. The van der Waals surface area contributed by atoms with Crippen LogP contribution in [-0.2, 0) is 9.53 Å². The Bertz CT molecular complexity index is 468. The van der Waals surface area contributed by atoms with Crippen LogP contribution in [-0.4, -0.2) is 40.7 Å². The van der Waals surface area contributed by atoms with E-state index in [0.29, 0.717) is 4.47 Å². The van der Waals surface area contributed by atoms with E-state index in [1.54, 1.807) is 0 Å². The van der Waals surface area contributed by atoms with Gasteiger partial charge in [-0.1, -0.05) is 0 Å². The molecule has 1 aromatic heterocycles. The van der Waals surface area contributed by atoms with E-state index in [0.717, 1.165) is 6.20 Å². The summed E-state index contributed by atoms with van der Waals surface area (Å²) in [5, 5.41) is 22.2. The summed E-state index contributed by atoms with van der Waals surface area (Å²) >= 11 is 3.11. The molecule has 98 valence electrons. The predicted octanol–water partition coefficient (Wildman–Crippen LogP) is 1.26. The van der Waals surface area contributed by atoms with Crippen LogP contribution in [0, 0.1) is 10.1 Å². The molecular formula is C9H10BrN3O5. The third-order valence-corrected chi connectivity index (χ3v) is 2.70. The summed E-state index contributed by atoms with van der Waals surface area (Å²) < 4.78 is 5.08. The number of ether oxygens (including phenoxy) is 1. The van der Waals surface area contributed by atoms with Gasteiger partial charge in [-0.05, 0) is 15.9 Å². The van der Waals surface area contributed by atoms with Crippen molar-refractivity contribution in [3.05, 3.63) is 27.0 Å². The van der Waals surface area contributed by atoms with Crippen LogP contribution in [0.15, 0.2) is 16.9 Å². The van der Waals surface area contributed by atoms with Crippen LogP contribution in [0.25, 0.3) is 0 Å². The Hall–Kier alpha value is -1.74. The average Bonchev–Trinajstić information content (AvgIpc) is 2.30. The largest absolute Gasteiger partial charge is 0.479 e. The lowest BCUT2D eigenvalue weighted by Crippen LogP contribution is -2.30. The Morgan fingerprint density at radius 2 is 2.39 bits per heavy atom. The molecule has 1 aromatic rings. The van der Waals surface area contributed by atoms with Gasteiger partial charge in [0.15, 0.2) is 6.10 Å². The first-order valence-corrected chi connectivity index (χ1v) is 5.54.